The molecular weight excluding hydrogens is 497 g/mol. The third kappa shape index (κ3) is 8.13. The van der Waals surface area contributed by atoms with Gasteiger partial charge in [-0.3, -0.25) is 0 Å². The quantitative estimate of drug-likeness (QED) is 0.217. The Hall–Kier alpha value is 0.510. The highest BCUT2D eigenvalue weighted by Gasteiger charge is 2.34. The van der Waals surface area contributed by atoms with Crippen LogP contribution >= 0.6 is 22.6 Å². The Bertz CT molecular complexity index is 472. The van der Waals surface area contributed by atoms with Crippen molar-refractivity contribution >= 4 is 22.6 Å². The average molecular weight is 543 g/mol. The van der Waals surface area contributed by atoms with Gasteiger partial charge in [-0.25, -0.2) is 8.78 Å². The van der Waals surface area contributed by atoms with Crippen LogP contribution in [-0.4, -0.2) is 38.7 Å². The van der Waals surface area contributed by atoms with Crippen molar-refractivity contribution in [2.75, 3.05) is 0 Å². The van der Waals surface area contributed by atoms with Gasteiger partial charge in [-0.15, -0.1) is 0 Å². The first-order valence-corrected chi connectivity index (χ1v) is 13.7. The van der Waals surface area contributed by atoms with E-state index in [-0.39, 0.29) is 30.0 Å². The van der Waals surface area contributed by atoms with Crippen molar-refractivity contribution < 1.29 is 19.0 Å². The number of hydrogen-bond donors (Lipinski definition) is 2. The van der Waals surface area contributed by atoms with Crippen LogP contribution in [0.25, 0.3) is 0 Å². The summed E-state index contributed by atoms with van der Waals surface area (Å²) in [5, 5.41) is 21.6. The molecule has 5 heteroatoms. The van der Waals surface area contributed by atoms with E-state index in [4.69, 9.17) is 0 Å². The molecule has 178 valence electrons. The van der Waals surface area contributed by atoms with Crippen LogP contribution in [0.15, 0.2) is 0 Å². The second-order valence-electron chi connectivity index (χ2n) is 10.5. The molecule has 0 aromatic carbocycles. The minimum absolute atomic E-state index is 0.124. The summed E-state index contributed by atoms with van der Waals surface area (Å²) in [7, 11) is 0. The van der Waals surface area contributed by atoms with Gasteiger partial charge in [-0.2, -0.15) is 0 Å². The van der Waals surface area contributed by atoms with Crippen LogP contribution in [0, 0.1) is 29.6 Å². The summed E-state index contributed by atoms with van der Waals surface area (Å²) in [4.78, 5) is 0. The van der Waals surface area contributed by atoms with E-state index < -0.39 is 12.3 Å². The lowest BCUT2D eigenvalue weighted by Crippen LogP contribution is -2.36. The number of aliphatic hydroxyl groups is 2. The molecule has 30 heavy (non-hydrogen) atoms. The largest absolute Gasteiger partial charge is 0.393 e. The number of rotatable bonds is 11. The minimum Gasteiger partial charge on any atom is -0.393 e. The van der Waals surface area contributed by atoms with Crippen LogP contribution in [-0.2, 0) is 0 Å². The van der Waals surface area contributed by atoms with Gasteiger partial charge in [0, 0.05) is 3.92 Å². The molecule has 2 nitrogen and oxygen atoms in total. The van der Waals surface area contributed by atoms with Gasteiger partial charge < -0.3 is 10.2 Å². The number of hydrogen-bond acceptors (Lipinski definition) is 2. The Morgan fingerprint density at radius 3 is 2.17 bits per heavy atom. The molecule has 2 aliphatic carbocycles. The van der Waals surface area contributed by atoms with Crippen LogP contribution in [0.1, 0.15) is 97.8 Å². The lowest BCUT2D eigenvalue weighted by molar-refractivity contribution is 0.0136. The highest BCUT2D eigenvalue weighted by molar-refractivity contribution is 14.1. The van der Waals surface area contributed by atoms with Crippen molar-refractivity contribution in [3.05, 3.63) is 0 Å². The fourth-order valence-electron chi connectivity index (χ4n) is 5.97. The van der Waals surface area contributed by atoms with Crippen LogP contribution in [0.3, 0.4) is 0 Å². The van der Waals surface area contributed by atoms with Gasteiger partial charge in [0.1, 0.15) is 12.3 Å². The fourth-order valence-corrected chi connectivity index (χ4v) is 6.99. The third-order valence-electron chi connectivity index (χ3n) is 8.14. The minimum atomic E-state index is -1.32. The van der Waals surface area contributed by atoms with Crippen molar-refractivity contribution in [2.45, 2.75) is 126 Å². The monoisotopic (exact) mass is 542 g/mol. The van der Waals surface area contributed by atoms with E-state index in [1.807, 2.05) is 6.92 Å². The van der Waals surface area contributed by atoms with Gasteiger partial charge >= 0.3 is 0 Å². The summed E-state index contributed by atoms with van der Waals surface area (Å²) in [6.07, 6.45) is 7.81. The summed E-state index contributed by atoms with van der Waals surface area (Å²) < 4.78 is 27.5. The van der Waals surface area contributed by atoms with E-state index in [1.165, 1.54) is 19.3 Å². The van der Waals surface area contributed by atoms with E-state index in [0.717, 1.165) is 44.9 Å². The third-order valence-corrected chi connectivity index (χ3v) is 9.06. The average Bonchev–Trinajstić information content (AvgIpc) is 2.73. The summed E-state index contributed by atoms with van der Waals surface area (Å²) >= 11 is 2.49. The topological polar surface area (TPSA) is 40.5 Å². The highest BCUT2D eigenvalue weighted by atomic mass is 127. The predicted molar refractivity (Wildman–Crippen MR) is 129 cm³/mol. The first-order chi connectivity index (χ1) is 14.2. The summed E-state index contributed by atoms with van der Waals surface area (Å²) in [5.41, 5.74) is 0. The standard InChI is InChI=1S/C25H45F2IO2/c1-16(14-19-12-13-22(26)23(27)15-19)24(29)11-7-10-21(18(3)28)17(2)25(30)20-8-5-4-6-9-20/h16-25,29-30H,4-15H2,1-3H3/t16?,17?,18-,19?,21+,22?,23?,24?,25?/m1/s1. The van der Waals surface area contributed by atoms with E-state index in [0.29, 0.717) is 28.6 Å². The first-order valence-electron chi connectivity index (χ1n) is 12.5. The zero-order valence-corrected chi connectivity index (χ0v) is 21.4. The van der Waals surface area contributed by atoms with E-state index in [1.54, 1.807) is 0 Å². The zero-order chi connectivity index (χ0) is 22.3. The Morgan fingerprint density at radius 2 is 1.57 bits per heavy atom. The SMILES string of the molecule is CC(CC1CCC(F)C(F)C1)C(O)CCC[C@@H](C(C)C(O)C1CCCCC1)[C@@H](C)I. The molecule has 0 amide bonds. The Balaban J connectivity index is 1.75. The lowest BCUT2D eigenvalue weighted by atomic mass is 9.74. The molecule has 2 saturated carbocycles. The second-order valence-corrected chi connectivity index (χ2v) is 12.5. The van der Waals surface area contributed by atoms with Crippen molar-refractivity contribution in [3.8, 4) is 0 Å². The van der Waals surface area contributed by atoms with E-state index >= 15 is 0 Å². The maximum atomic E-state index is 13.7. The molecule has 9 atom stereocenters. The van der Waals surface area contributed by atoms with Crippen LogP contribution in [0.2, 0.25) is 0 Å². The molecule has 2 N–H and O–H groups in total. The van der Waals surface area contributed by atoms with Crippen LogP contribution in [0.4, 0.5) is 8.78 Å². The molecule has 0 saturated heterocycles. The fraction of sp³-hybridized carbons (Fsp3) is 1.00. The molecule has 0 aliphatic heterocycles. The zero-order valence-electron chi connectivity index (χ0n) is 19.3. The molecule has 2 aliphatic rings. The van der Waals surface area contributed by atoms with Crippen molar-refractivity contribution in [2.24, 2.45) is 29.6 Å². The van der Waals surface area contributed by atoms with Gasteiger partial charge in [0.2, 0.25) is 0 Å². The number of aliphatic hydroxyl groups excluding tert-OH is 2. The highest BCUT2D eigenvalue weighted by Crippen LogP contribution is 2.37. The molecule has 0 aromatic heterocycles. The van der Waals surface area contributed by atoms with E-state index in [2.05, 4.69) is 36.4 Å². The Kier molecular flexibility index (Phi) is 11.8. The molecular formula is C25H45F2IO2. The van der Waals surface area contributed by atoms with Gasteiger partial charge in [-0.1, -0.05) is 69.0 Å². The first kappa shape index (κ1) is 26.8. The van der Waals surface area contributed by atoms with Crippen LogP contribution < -0.4 is 0 Å². The van der Waals surface area contributed by atoms with E-state index in [9.17, 15) is 19.0 Å². The molecule has 2 fully saturated rings. The molecule has 7 unspecified atom stereocenters. The summed E-state index contributed by atoms with van der Waals surface area (Å²) in [5.74, 6) is 1.52. The van der Waals surface area contributed by atoms with Crippen molar-refractivity contribution in [3.63, 3.8) is 0 Å². The molecule has 0 spiro atoms. The normalized spacial score (nSPS) is 32.2. The van der Waals surface area contributed by atoms with Crippen LogP contribution in [0.5, 0.6) is 0 Å². The number of alkyl halides is 3. The molecule has 0 aromatic rings. The molecule has 0 heterocycles. The van der Waals surface area contributed by atoms with Gasteiger partial charge in [-0.05, 0) is 81.0 Å². The Labute approximate surface area is 197 Å². The van der Waals surface area contributed by atoms with Gasteiger partial charge in [0.15, 0.2) is 0 Å². The lowest BCUT2D eigenvalue weighted by Gasteiger charge is -2.36. The molecule has 0 radical (unpaired) electrons. The molecule has 2 rings (SSSR count). The smallest absolute Gasteiger partial charge is 0.131 e. The summed E-state index contributed by atoms with van der Waals surface area (Å²) in [6.45, 7) is 6.50. The maximum absolute atomic E-state index is 13.7. The van der Waals surface area contributed by atoms with Gasteiger partial charge in [0.05, 0.1) is 12.2 Å². The number of halogens is 3. The predicted octanol–water partition coefficient (Wildman–Crippen LogP) is 7.04. The van der Waals surface area contributed by atoms with Crippen molar-refractivity contribution in [1.29, 1.82) is 0 Å². The maximum Gasteiger partial charge on any atom is 0.131 e. The molecule has 0 bridgehead atoms. The Morgan fingerprint density at radius 1 is 0.900 bits per heavy atom. The second kappa shape index (κ2) is 13.3. The van der Waals surface area contributed by atoms with Crippen molar-refractivity contribution in [1.82, 2.24) is 0 Å². The summed E-state index contributed by atoms with van der Waals surface area (Å²) in [6, 6.07) is 0. The van der Waals surface area contributed by atoms with Gasteiger partial charge in [0.25, 0.3) is 0 Å².